The Bertz CT molecular complexity index is 806. The van der Waals surface area contributed by atoms with Gasteiger partial charge in [-0.25, -0.2) is 0 Å². The zero-order chi connectivity index (χ0) is 19.9. The van der Waals surface area contributed by atoms with Crippen LogP contribution in [0, 0.1) is 5.92 Å². The molecule has 1 amide bonds. The number of anilines is 1. The van der Waals surface area contributed by atoms with E-state index in [1.807, 2.05) is 56.3 Å². The molecule has 2 aromatic rings. The average molecular weight is 380 g/mol. The third-order valence-electron chi connectivity index (χ3n) is 4.64. The number of guanidine groups is 1. The normalized spacial score (nSPS) is 15.7. The molecule has 0 bridgehead atoms. The van der Waals surface area contributed by atoms with Crippen LogP contribution in [0.15, 0.2) is 53.5 Å². The number of nitrogens with one attached hydrogen (secondary N) is 3. The summed E-state index contributed by atoms with van der Waals surface area (Å²) in [4.78, 5) is 16.0. The Morgan fingerprint density at radius 1 is 1.14 bits per heavy atom. The van der Waals surface area contributed by atoms with E-state index in [0.29, 0.717) is 13.1 Å². The smallest absolute Gasteiger partial charge is 0.226 e. The van der Waals surface area contributed by atoms with Crippen LogP contribution in [-0.4, -0.2) is 31.6 Å². The number of carbonyl (C=O) groups excluding carboxylic acids is 1. The average Bonchev–Trinajstić information content (AvgIpc) is 3.12. The predicted molar refractivity (Wildman–Crippen MR) is 113 cm³/mol. The fourth-order valence-electron chi connectivity index (χ4n) is 2.98. The molecule has 1 aliphatic rings. The molecule has 0 spiro atoms. The molecule has 0 saturated carbocycles. The van der Waals surface area contributed by atoms with Crippen molar-refractivity contribution in [2.75, 3.05) is 18.9 Å². The number of hydrogen-bond acceptors (Lipinski definition) is 3. The third-order valence-corrected chi connectivity index (χ3v) is 4.64. The van der Waals surface area contributed by atoms with Crippen LogP contribution in [0.5, 0.6) is 5.75 Å². The van der Waals surface area contributed by atoms with Crippen LogP contribution in [0.1, 0.15) is 25.0 Å². The molecule has 0 radical (unpaired) electrons. The molecule has 1 atom stereocenters. The van der Waals surface area contributed by atoms with Crippen molar-refractivity contribution in [3.63, 3.8) is 0 Å². The molecule has 0 aliphatic carbocycles. The lowest BCUT2D eigenvalue weighted by molar-refractivity contribution is -0.118. The second kappa shape index (κ2) is 9.26. The first-order valence-electron chi connectivity index (χ1n) is 9.64. The molecular weight excluding hydrogens is 352 g/mol. The van der Waals surface area contributed by atoms with Crippen molar-refractivity contribution in [2.45, 2.75) is 32.9 Å². The zero-order valence-corrected chi connectivity index (χ0v) is 16.7. The van der Waals surface area contributed by atoms with Gasteiger partial charge in [0.1, 0.15) is 11.9 Å². The van der Waals surface area contributed by atoms with Gasteiger partial charge in [-0.05, 0) is 29.3 Å². The van der Waals surface area contributed by atoms with Gasteiger partial charge in [0.05, 0.1) is 6.54 Å². The first-order chi connectivity index (χ1) is 13.5. The molecule has 28 heavy (non-hydrogen) atoms. The predicted octanol–water partition coefficient (Wildman–Crippen LogP) is 2.95. The van der Waals surface area contributed by atoms with Crippen LogP contribution in [0.2, 0.25) is 0 Å². The number of rotatable bonds is 6. The number of fused-ring (bicyclic) bond motifs is 1. The number of hydrogen-bond donors (Lipinski definition) is 3. The fraction of sp³-hybridized carbons (Fsp3) is 0.364. The van der Waals surface area contributed by atoms with E-state index in [-0.39, 0.29) is 17.9 Å². The van der Waals surface area contributed by atoms with Crippen molar-refractivity contribution in [2.24, 2.45) is 10.9 Å². The molecule has 0 aromatic heterocycles. The van der Waals surface area contributed by atoms with Gasteiger partial charge in [0.15, 0.2) is 5.96 Å². The lowest BCUT2D eigenvalue weighted by Gasteiger charge is -2.16. The Morgan fingerprint density at radius 3 is 2.57 bits per heavy atom. The highest BCUT2D eigenvalue weighted by Crippen LogP contribution is 2.27. The van der Waals surface area contributed by atoms with Crippen LogP contribution < -0.4 is 20.7 Å². The summed E-state index contributed by atoms with van der Waals surface area (Å²) in [6, 6.07) is 16.0. The van der Waals surface area contributed by atoms with Gasteiger partial charge in [-0.15, -0.1) is 0 Å². The van der Waals surface area contributed by atoms with E-state index < -0.39 is 0 Å². The molecule has 2 aromatic carbocycles. The van der Waals surface area contributed by atoms with Crippen molar-refractivity contribution < 1.29 is 9.53 Å². The molecule has 3 N–H and O–H groups in total. The highest BCUT2D eigenvalue weighted by molar-refractivity contribution is 5.92. The van der Waals surface area contributed by atoms with Gasteiger partial charge in [-0.1, -0.05) is 44.2 Å². The number of benzene rings is 2. The van der Waals surface area contributed by atoms with Crippen LogP contribution in [0.25, 0.3) is 0 Å². The maximum Gasteiger partial charge on any atom is 0.226 e. The van der Waals surface area contributed by atoms with Crippen molar-refractivity contribution in [3.8, 4) is 5.75 Å². The number of carbonyl (C=O) groups is 1. The van der Waals surface area contributed by atoms with Gasteiger partial charge < -0.3 is 20.7 Å². The van der Waals surface area contributed by atoms with Gasteiger partial charge in [0.2, 0.25) is 5.91 Å². The lowest BCUT2D eigenvalue weighted by atomic mass is 10.1. The second-order valence-corrected chi connectivity index (χ2v) is 7.20. The van der Waals surface area contributed by atoms with E-state index in [0.717, 1.165) is 29.4 Å². The number of ether oxygens (including phenoxy) is 1. The van der Waals surface area contributed by atoms with Gasteiger partial charge in [0, 0.05) is 31.6 Å². The maximum absolute atomic E-state index is 11.7. The molecule has 1 unspecified atom stereocenters. The monoisotopic (exact) mass is 380 g/mol. The Morgan fingerprint density at radius 2 is 1.89 bits per heavy atom. The molecule has 1 heterocycles. The van der Waals surface area contributed by atoms with E-state index in [1.54, 1.807) is 7.05 Å². The quantitative estimate of drug-likeness (QED) is 0.532. The Labute approximate surface area is 166 Å². The molecule has 0 saturated heterocycles. The molecule has 148 valence electrons. The minimum Gasteiger partial charge on any atom is -0.488 e. The Kier molecular flexibility index (Phi) is 6.53. The highest BCUT2D eigenvalue weighted by atomic mass is 16.5. The molecule has 3 rings (SSSR count). The summed E-state index contributed by atoms with van der Waals surface area (Å²) >= 11 is 0. The number of amides is 1. The fourth-order valence-corrected chi connectivity index (χ4v) is 2.98. The molecule has 0 fully saturated rings. The first-order valence-corrected chi connectivity index (χ1v) is 9.64. The zero-order valence-electron chi connectivity index (χ0n) is 16.7. The summed E-state index contributed by atoms with van der Waals surface area (Å²) in [6.07, 6.45) is 1.02. The van der Waals surface area contributed by atoms with Gasteiger partial charge in [-0.3, -0.25) is 9.79 Å². The van der Waals surface area contributed by atoms with Crippen LogP contribution >= 0.6 is 0 Å². The van der Waals surface area contributed by atoms with E-state index in [2.05, 4.69) is 27.0 Å². The van der Waals surface area contributed by atoms with E-state index >= 15 is 0 Å². The van der Waals surface area contributed by atoms with Gasteiger partial charge >= 0.3 is 0 Å². The number of para-hydroxylation sites is 1. The second-order valence-electron chi connectivity index (χ2n) is 7.20. The van der Waals surface area contributed by atoms with Crippen molar-refractivity contribution in [1.82, 2.24) is 10.6 Å². The lowest BCUT2D eigenvalue weighted by Crippen LogP contribution is -2.41. The third kappa shape index (κ3) is 5.25. The van der Waals surface area contributed by atoms with Gasteiger partial charge in [-0.2, -0.15) is 0 Å². The summed E-state index contributed by atoms with van der Waals surface area (Å²) in [5, 5.41) is 9.52. The Balaban J connectivity index is 1.44. The summed E-state index contributed by atoms with van der Waals surface area (Å²) in [5.74, 6) is 1.69. The van der Waals surface area contributed by atoms with E-state index in [1.165, 1.54) is 5.56 Å². The SMILES string of the molecule is CN=C(NCc1ccc(NC(=O)C(C)C)cc1)NCC1Cc2ccccc2O1. The topological polar surface area (TPSA) is 74.8 Å². The molecular formula is C22H28N4O2. The molecule has 6 nitrogen and oxygen atoms in total. The number of nitrogens with zero attached hydrogens (tertiary/aromatic N) is 1. The van der Waals surface area contributed by atoms with Crippen LogP contribution in [0.3, 0.4) is 0 Å². The summed E-state index contributed by atoms with van der Waals surface area (Å²) in [5.41, 5.74) is 3.17. The van der Waals surface area contributed by atoms with Crippen LogP contribution in [-0.2, 0) is 17.8 Å². The summed E-state index contributed by atoms with van der Waals surface area (Å²) in [7, 11) is 1.75. The van der Waals surface area contributed by atoms with Crippen molar-refractivity contribution >= 4 is 17.6 Å². The molecule has 6 heteroatoms. The van der Waals surface area contributed by atoms with E-state index in [4.69, 9.17) is 4.74 Å². The minimum atomic E-state index is -0.0348. The van der Waals surface area contributed by atoms with Crippen LogP contribution in [0.4, 0.5) is 5.69 Å². The maximum atomic E-state index is 11.7. The highest BCUT2D eigenvalue weighted by Gasteiger charge is 2.22. The standard InChI is InChI=1S/C22H28N4O2/c1-15(2)21(27)26-18-10-8-16(9-11-18)13-24-22(23-3)25-14-19-12-17-6-4-5-7-20(17)28-19/h4-11,15,19H,12-14H2,1-3H3,(H,26,27)(H2,23,24,25). The Hall–Kier alpha value is -3.02. The summed E-state index contributed by atoms with van der Waals surface area (Å²) in [6.45, 7) is 5.08. The van der Waals surface area contributed by atoms with Crippen molar-refractivity contribution in [3.05, 3.63) is 59.7 Å². The first kappa shape index (κ1) is 19.7. The minimum absolute atomic E-state index is 0.0201. The van der Waals surface area contributed by atoms with Gasteiger partial charge in [0.25, 0.3) is 0 Å². The summed E-state index contributed by atoms with van der Waals surface area (Å²) < 4.78 is 5.95. The van der Waals surface area contributed by atoms with Crippen molar-refractivity contribution in [1.29, 1.82) is 0 Å². The number of aliphatic imine (C=N–C) groups is 1. The largest absolute Gasteiger partial charge is 0.488 e. The molecule has 1 aliphatic heterocycles. The van der Waals surface area contributed by atoms with E-state index in [9.17, 15) is 4.79 Å².